The van der Waals surface area contributed by atoms with Crippen molar-refractivity contribution >= 4 is 16.9 Å². The molecule has 2 aromatic heterocycles. The Morgan fingerprint density at radius 1 is 0.938 bits per heavy atom. The molecule has 2 aromatic carbocycles. The number of hydrogen-bond donors (Lipinski definition) is 4. The highest BCUT2D eigenvalue weighted by Crippen LogP contribution is 2.34. The van der Waals surface area contributed by atoms with Gasteiger partial charge in [0.1, 0.15) is 23.3 Å². The fraction of sp³-hybridized carbons (Fsp3) is 0.150. The predicted molar refractivity (Wildman–Crippen MR) is 105 cm³/mol. The molecule has 8 nitrogen and oxygen atoms in total. The average molecular weight is 449 g/mol. The normalized spacial score (nSPS) is 11.3. The molecular formula is C20H15F4N5O3. The molecule has 0 unspecified atom stereocenters. The van der Waals surface area contributed by atoms with Gasteiger partial charge in [0.15, 0.2) is 17.2 Å². The van der Waals surface area contributed by atoms with Gasteiger partial charge in [-0.05, 0) is 24.3 Å². The lowest BCUT2D eigenvalue weighted by atomic mass is 10.1. The van der Waals surface area contributed by atoms with Gasteiger partial charge in [0.05, 0.1) is 30.3 Å². The maximum atomic E-state index is 14.4. The first kappa shape index (κ1) is 21.5. The van der Waals surface area contributed by atoms with E-state index in [0.29, 0.717) is 12.1 Å². The minimum atomic E-state index is -0.997. The number of fused-ring (bicyclic) bond motifs is 1. The van der Waals surface area contributed by atoms with Crippen LogP contribution in [0.25, 0.3) is 22.3 Å². The van der Waals surface area contributed by atoms with Crippen molar-refractivity contribution in [1.82, 2.24) is 20.2 Å². The third-order valence-corrected chi connectivity index (χ3v) is 4.47. The Labute approximate surface area is 177 Å². The second-order valence-corrected chi connectivity index (χ2v) is 6.66. The SMILES string of the molecule is OCC(CO)Nc1nc(Oc2ccc(F)cc2F)nc2n[nH]c(-c3ccc(F)cc3F)c12. The summed E-state index contributed by atoms with van der Waals surface area (Å²) in [6, 6.07) is 4.31. The van der Waals surface area contributed by atoms with Crippen LogP contribution in [-0.2, 0) is 0 Å². The van der Waals surface area contributed by atoms with E-state index in [1.165, 1.54) is 6.07 Å². The highest BCUT2D eigenvalue weighted by Gasteiger charge is 2.22. The number of nitrogens with zero attached hydrogens (tertiary/aromatic N) is 3. The standard InChI is InChI=1S/C20H15F4N5O3/c21-9-1-3-12(13(23)5-9)17-16-18(25-11(7-30)8-31)26-20(27-19(16)29-28-17)32-15-4-2-10(22)6-14(15)24/h1-6,11,30-31H,7-8H2,(H2,25,26,27,28,29). The molecule has 0 saturated carbocycles. The number of nitrogens with one attached hydrogen (secondary N) is 2. The number of hydrogen-bond acceptors (Lipinski definition) is 7. The minimum Gasteiger partial charge on any atom is -0.421 e. The van der Waals surface area contributed by atoms with Crippen LogP contribution in [-0.4, -0.2) is 49.6 Å². The van der Waals surface area contributed by atoms with Crippen LogP contribution >= 0.6 is 0 Å². The van der Waals surface area contributed by atoms with Crippen LogP contribution in [0.2, 0.25) is 0 Å². The number of aromatic amines is 1. The number of ether oxygens (including phenoxy) is 1. The second kappa shape index (κ2) is 8.77. The second-order valence-electron chi connectivity index (χ2n) is 6.66. The zero-order valence-corrected chi connectivity index (χ0v) is 16.1. The first-order valence-corrected chi connectivity index (χ1v) is 9.22. The summed E-state index contributed by atoms with van der Waals surface area (Å²) in [6.07, 6.45) is 0. The quantitative estimate of drug-likeness (QED) is 0.321. The van der Waals surface area contributed by atoms with E-state index in [4.69, 9.17) is 4.74 Å². The summed E-state index contributed by atoms with van der Waals surface area (Å²) in [5, 5.41) is 28.3. The Kier molecular flexibility index (Phi) is 5.88. The van der Waals surface area contributed by atoms with Crippen molar-refractivity contribution in [2.75, 3.05) is 18.5 Å². The first-order valence-electron chi connectivity index (χ1n) is 9.22. The molecule has 2 heterocycles. The monoisotopic (exact) mass is 449 g/mol. The number of aliphatic hydroxyl groups is 2. The number of aliphatic hydroxyl groups excluding tert-OH is 2. The van der Waals surface area contributed by atoms with E-state index < -0.39 is 48.5 Å². The molecule has 4 aromatic rings. The molecule has 0 fully saturated rings. The molecule has 0 atom stereocenters. The number of halogens is 4. The largest absolute Gasteiger partial charge is 0.421 e. The lowest BCUT2D eigenvalue weighted by Gasteiger charge is -2.16. The fourth-order valence-corrected chi connectivity index (χ4v) is 2.94. The van der Waals surface area contributed by atoms with Gasteiger partial charge in [-0.3, -0.25) is 5.10 Å². The summed E-state index contributed by atoms with van der Waals surface area (Å²) < 4.78 is 60.2. The van der Waals surface area contributed by atoms with Crippen LogP contribution < -0.4 is 10.1 Å². The maximum Gasteiger partial charge on any atom is 0.326 e. The van der Waals surface area contributed by atoms with Crippen LogP contribution in [0.5, 0.6) is 11.8 Å². The molecule has 0 aliphatic carbocycles. The van der Waals surface area contributed by atoms with Gasteiger partial charge in [-0.25, -0.2) is 17.6 Å². The topological polar surface area (TPSA) is 116 Å². The Bertz CT molecular complexity index is 1280. The summed E-state index contributed by atoms with van der Waals surface area (Å²) in [5.41, 5.74) is 0.0193. The van der Waals surface area contributed by atoms with Crippen molar-refractivity contribution in [2.24, 2.45) is 0 Å². The van der Waals surface area contributed by atoms with Crippen molar-refractivity contribution in [3.8, 4) is 23.0 Å². The van der Waals surface area contributed by atoms with Crippen molar-refractivity contribution in [1.29, 1.82) is 0 Å². The molecule has 0 spiro atoms. The van der Waals surface area contributed by atoms with Gasteiger partial charge in [0.2, 0.25) is 0 Å². The Balaban J connectivity index is 1.84. The molecule has 0 radical (unpaired) electrons. The van der Waals surface area contributed by atoms with Gasteiger partial charge in [0, 0.05) is 17.7 Å². The molecule has 0 aliphatic rings. The number of aromatic nitrogens is 4. The van der Waals surface area contributed by atoms with Gasteiger partial charge < -0.3 is 20.3 Å². The molecule has 32 heavy (non-hydrogen) atoms. The molecular weight excluding hydrogens is 434 g/mol. The van der Waals surface area contributed by atoms with E-state index in [1.54, 1.807) is 0 Å². The molecule has 0 aliphatic heterocycles. The van der Waals surface area contributed by atoms with Crippen molar-refractivity contribution in [3.63, 3.8) is 0 Å². The Hall–Kier alpha value is -3.77. The van der Waals surface area contributed by atoms with Gasteiger partial charge in [-0.15, -0.1) is 0 Å². The van der Waals surface area contributed by atoms with E-state index in [9.17, 15) is 27.8 Å². The highest BCUT2D eigenvalue weighted by molar-refractivity contribution is 5.99. The number of benzene rings is 2. The lowest BCUT2D eigenvalue weighted by molar-refractivity contribution is 0.203. The van der Waals surface area contributed by atoms with Crippen molar-refractivity contribution in [3.05, 3.63) is 59.7 Å². The lowest BCUT2D eigenvalue weighted by Crippen LogP contribution is -2.28. The molecule has 0 amide bonds. The number of anilines is 1. The van der Waals surface area contributed by atoms with Crippen LogP contribution in [0.15, 0.2) is 36.4 Å². The zero-order chi connectivity index (χ0) is 22.8. The van der Waals surface area contributed by atoms with Crippen LogP contribution in [0, 0.1) is 23.3 Å². The maximum absolute atomic E-state index is 14.4. The van der Waals surface area contributed by atoms with Crippen molar-refractivity contribution in [2.45, 2.75) is 6.04 Å². The molecule has 12 heteroatoms. The third kappa shape index (κ3) is 4.18. The van der Waals surface area contributed by atoms with Gasteiger partial charge in [-0.1, -0.05) is 0 Å². The summed E-state index contributed by atoms with van der Waals surface area (Å²) in [5.74, 6) is -3.85. The van der Waals surface area contributed by atoms with Crippen LogP contribution in [0.1, 0.15) is 0 Å². The summed E-state index contributed by atoms with van der Waals surface area (Å²) >= 11 is 0. The minimum absolute atomic E-state index is 0.0339. The molecule has 4 N–H and O–H groups in total. The Morgan fingerprint density at radius 3 is 2.28 bits per heavy atom. The molecule has 166 valence electrons. The molecule has 4 rings (SSSR count). The first-order chi connectivity index (χ1) is 15.4. The van der Waals surface area contributed by atoms with E-state index in [0.717, 1.165) is 18.2 Å². The number of rotatable bonds is 7. The summed E-state index contributed by atoms with van der Waals surface area (Å²) in [7, 11) is 0. The summed E-state index contributed by atoms with van der Waals surface area (Å²) in [4.78, 5) is 8.17. The highest BCUT2D eigenvalue weighted by atomic mass is 19.1. The van der Waals surface area contributed by atoms with Crippen molar-refractivity contribution < 1.29 is 32.5 Å². The van der Waals surface area contributed by atoms with Crippen LogP contribution in [0.3, 0.4) is 0 Å². The van der Waals surface area contributed by atoms with E-state index >= 15 is 0 Å². The average Bonchev–Trinajstić information content (AvgIpc) is 3.18. The zero-order valence-electron chi connectivity index (χ0n) is 16.1. The third-order valence-electron chi connectivity index (χ3n) is 4.47. The smallest absolute Gasteiger partial charge is 0.326 e. The van der Waals surface area contributed by atoms with E-state index in [1.807, 2.05) is 0 Å². The van der Waals surface area contributed by atoms with Crippen LogP contribution in [0.4, 0.5) is 23.4 Å². The molecule has 0 saturated heterocycles. The molecule has 0 bridgehead atoms. The predicted octanol–water partition coefficient (Wildman–Crippen LogP) is 3.13. The fourth-order valence-electron chi connectivity index (χ4n) is 2.94. The van der Waals surface area contributed by atoms with Gasteiger partial charge in [-0.2, -0.15) is 15.1 Å². The van der Waals surface area contributed by atoms with E-state index in [2.05, 4.69) is 25.5 Å². The number of H-pyrrole nitrogens is 1. The van der Waals surface area contributed by atoms with E-state index in [-0.39, 0.29) is 33.9 Å². The van der Waals surface area contributed by atoms with Gasteiger partial charge >= 0.3 is 6.01 Å². The summed E-state index contributed by atoms with van der Waals surface area (Å²) in [6.45, 7) is -0.967. The Morgan fingerprint density at radius 2 is 1.62 bits per heavy atom. The van der Waals surface area contributed by atoms with Gasteiger partial charge in [0.25, 0.3) is 0 Å².